The summed E-state index contributed by atoms with van der Waals surface area (Å²) in [6.07, 6.45) is 5.71. The third-order valence-electron chi connectivity index (χ3n) is 4.62. The van der Waals surface area contributed by atoms with Gasteiger partial charge in [-0.25, -0.2) is 0 Å². The molecule has 1 heterocycles. The second-order valence-corrected chi connectivity index (χ2v) is 6.90. The Labute approximate surface area is 162 Å². The Morgan fingerprint density at radius 2 is 2.04 bits per heavy atom. The monoisotopic (exact) mass is 391 g/mol. The zero-order valence-corrected chi connectivity index (χ0v) is 15.8. The van der Waals surface area contributed by atoms with Crippen molar-refractivity contribution in [3.63, 3.8) is 0 Å². The average Bonchev–Trinajstić information content (AvgIpc) is 2.70. The summed E-state index contributed by atoms with van der Waals surface area (Å²) >= 11 is 6.16. The van der Waals surface area contributed by atoms with E-state index in [9.17, 15) is 9.90 Å². The number of methoxy groups -OCH3 is 1. The van der Waals surface area contributed by atoms with Gasteiger partial charge in [-0.1, -0.05) is 30.9 Å². The van der Waals surface area contributed by atoms with E-state index < -0.39 is 12.1 Å². The van der Waals surface area contributed by atoms with Crippen molar-refractivity contribution in [2.75, 3.05) is 7.11 Å². The number of nitrogens with zero attached hydrogens (tertiary/aromatic N) is 2. The number of rotatable bonds is 6. The maximum absolute atomic E-state index is 12.6. The smallest absolute Gasteiger partial charge is 0.254 e. The molecule has 1 aromatic carbocycles. The van der Waals surface area contributed by atoms with Crippen LogP contribution in [0.2, 0.25) is 5.02 Å². The summed E-state index contributed by atoms with van der Waals surface area (Å²) in [4.78, 5) is 12.6. The molecule has 1 saturated carbocycles. The number of aliphatic hydroxyl groups is 1. The van der Waals surface area contributed by atoms with Gasteiger partial charge in [0.1, 0.15) is 17.7 Å². The third-order valence-corrected chi connectivity index (χ3v) is 4.95. The lowest BCUT2D eigenvalue weighted by Gasteiger charge is -2.27. The highest BCUT2D eigenvalue weighted by atomic mass is 35.5. The lowest BCUT2D eigenvalue weighted by molar-refractivity contribution is 0.0463. The molecule has 7 nitrogen and oxygen atoms in total. The van der Waals surface area contributed by atoms with E-state index in [1.807, 2.05) is 0 Å². The molecular formula is C19H22ClN3O4. The SMILES string of the molecule is COc1cnnc(Oc2ccc(Cl)c(C(=O)NC(O)C3CCCCC3)c2)c1. The minimum Gasteiger partial charge on any atom is -0.495 e. The fraction of sp³-hybridized carbons (Fsp3) is 0.421. The minimum absolute atomic E-state index is 0.0768. The zero-order valence-electron chi connectivity index (χ0n) is 15.0. The van der Waals surface area contributed by atoms with Crippen LogP contribution in [0.4, 0.5) is 0 Å². The maximum atomic E-state index is 12.6. The fourth-order valence-corrected chi connectivity index (χ4v) is 3.34. The number of aliphatic hydroxyl groups excluding tert-OH is 1. The first kappa shape index (κ1) is 19.4. The Balaban J connectivity index is 1.71. The van der Waals surface area contributed by atoms with Crippen LogP contribution in [0.25, 0.3) is 0 Å². The molecule has 0 spiro atoms. The van der Waals surface area contributed by atoms with Crippen LogP contribution in [-0.4, -0.2) is 34.5 Å². The van der Waals surface area contributed by atoms with Crippen LogP contribution in [0, 0.1) is 5.92 Å². The number of aromatic nitrogens is 2. The molecule has 1 aliphatic rings. The van der Waals surface area contributed by atoms with Gasteiger partial charge in [0, 0.05) is 12.0 Å². The first-order valence-electron chi connectivity index (χ1n) is 8.90. The molecule has 1 aliphatic carbocycles. The number of amides is 1. The van der Waals surface area contributed by atoms with Crippen LogP contribution in [0.5, 0.6) is 17.4 Å². The molecule has 1 amide bonds. The van der Waals surface area contributed by atoms with Gasteiger partial charge in [-0.05, 0) is 31.0 Å². The lowest BCUT2D eigenvalue weighted by Crippen LogP contribution is -2.41. The van der Waals surface area contributed by atoms with Gasteiger partial charge >= 0.3 is 0 Å². The van der Waals surface area contributed by atoms with E-state index in [1.165, 1.54) is 25.8 Å². The molecule has 0 bridgehead atoms. The first-order chi connectivity index (χ1) is 13.1. The van der Waals surface area contributed by atoms with Crippen LogP contribution in [0.1, 0.15) is 42.5 Å². The van der Waals surface area contributed by atoms with Crippen LogP contribution in [0.3, 0.4) is 0 Å². The van der Waals surface area contributed by atoms with E-state index in [2.05, 4.69) is 15.5 Å². The Hall–Kier alpha value is -2.38. The van der Waals surface area contributed by atoms with E-state index in [0.29, 0.717) is 11.5 Å². The summed E-state index contributed by atoms with van der Waals surface area (Å²) in [5.74, 6) is 0.736. The van der Waals surface area contributed by atoms with Crippen LogP contribution >= 0.6 is 11.6 Å². The van der Waals surface area contributed by atoms with Crippen molar-refractivity contribution >= 4 is 17.5 Å². The van der Waals surface area contributed by atoms with Crippen molar-refractivity contribution in [2.24, 2.45) is 5.92 Å². The maximum Gasteiger partial charge on any atom is 0.254 e. The average molecular weight is 392 g/mol. The van der Waals surface area contributed by atoms with Gasteiger partial charge < -0.3 is 19.9 Å². The van der Waals surface area contributed by atoms with Gasteiger partial charge in [0.05, 0.1) is 23.9 Å². The summed E-state index contributed by atoms with van der Waals surface area (Å²) in [5, 5.41) is 20.9. The molecule has 2 N–H and O–H groups in total. The van der Waals surface area contributed by atoms with E-state index in [4.69, 9.17) is 21.1 Å². The quantitative estimate of drug-likeness (QED) is 0.731. The van der Waals surface area contributed by atoms with Crippen LogP contribution in [-0.2, 0) is 0 Å². The Morgan fingerprint density at radius 3 is 2.78 bits per heavy atom. The van der Waals surface area contributed by atoms with E-state index in [1.54, 1.807) is 18.2 Å². The Bertz CT molecular complexity index is 796. The minimum atomic E-state index is -0.886. The lowest BCUT2D eigenvalue weighted by atomic mass is 9.88. The molecule has 27 heavy (non-hydrogen) atoms. The third kappa shape index (κ3) is 5.08. The largest absolute Gasteiger partial charge is 0.495 e. The van der Waals surface area contributed by atoms with E-state index in [-0.39, 0.29) is 22.4 Å². The second-order valence-electron chi connectivity index (χ2n) is 6.49. The number of carbonyl (C=O) groups excluding carboxylic acids is 1. The van der Waals surface area contributed by atoms with E-state index in [0.717, 1.165) is 25.7 Å². The van der Waals surface area contributed by atoms with Crippen LogP contribution < -0.4 is 14.8 Å². The molecule has 3 rings (SSSR count). The molecule has 1 atom stereocenters. The molecule has 1 aromatic heterocycles. The number of benzene rings is 1. The van der Waals surface area contributed by atoms with Gasteiger partial charge in [-0.2, -0.15) is 5.10 Å². The highest BCUT2D eigenvalue weighted by molar-refractivity contribution is 6.33. The van der Waals surface area contributed by atoms with Crippen molar-refractivity contribution in [1.29, 1.82) is 0 Å². The summed E-state index contributed by atoms with van der Waals surface area (Å²) < 4.78 is 10.7. The molecule has 2 aromatic rings. The fourth-order valence-electron chi connectivity index (χ4n) is 3.13. The number of halogens is 1. The summed E-state index contributed by atoms with van der Waals surface area (Å²) in [6, 6.07) is 6.27. The van der Waals surface area contributed by atoms with Crippen molar-refractivity contribution in [3.05, 3.63) is 41.0 Å². The highest BCUT2D eigenvalue weighted by Crippen LogP contribution is 2.28. The van der Waals surface area contributed by atoms with Crippen molar-refractivity contribution in [1.82, 2.24) is 15.5 Å². The normalized spacial score (nSPS) is 15.8. The second kappa shape index (κ2) is 9.01. The first-order valence-corrected chi connectivity index (χ1v) is 9.27. The predicted molar refractivity (Wildman–Crippen MR) is 100 cm³/mol. The van der Waals surface area contributed by atoms with Crippen LogP contribution in [0.15, 0.2) is 30.5 Å². The predicted octanol–water partition coefficient (Wildman–Crippen LogP) is 3.56. The zero-order chi connectivity index (χ0) is 19.2. The van der Waals surface area contributed by atoms with Gasteiger partial charge in [0.25, 0.3) is 5.91 Å². The van der Waals surface area contributed by atoms with Gasteiger partial charge in [-0.15, -0.1) is 5.10 Å². The molecule has 1 fully saturated rings. The van der Waals surface area contributed by atoms with Crippen molar-refractivity contribution in [3.8, 4) is 17.4 Å². The molecule has 0 radical (unpaired) electrons. The number of ether oxygens (including phenoxy) is 2. The molecule has 0 saturated heterocycles. The molecule has 0 aliphatic heterocycles. The summed E-state index contributed by atoms with van der Waals surface area (Å²) in [6.45, 7) is 0. The topological polar surface area (TPSA) is 93.6 Å². The summed E-state index contributed by atoms with van der Waals surface area (Å²) in [5.41, 5.74) is 0.222. The number of nitrogens with one attached hydrogen (secondary N) is 1. The number of hydrogen-bond acceptors (Lipinski definition) is 6. The van der Waals surface area contributed by atoms with Gasteiger partial charge in [0.2, 0.25) is 5.88 Å². The van der Waals surface area contributed by atoms with Gasteiger partial charge in [0.15, 0.2) is 0 Å². The van der Waals surface area contributed by atoms with Crippen molar-refractivity contribution < 1.29 is 19.4 Å². The molecule has 8 heteroatoms. The van der Waals surface area contributed by atoms with E-state index >= 15 is 0 Å². The molecule has 144 valence electrons. The highest BCUT2D eigenvalue weighted by Gasteiger charge is 2.24. The molecular weight excluding hydrogens is 370 g/mol. The van der Waals surface area contributed by atoms with Gasteiger partial charge in [-0.3, -0.25) is 4.79 Å². The Kier molecular flexibility index (Phi) is 6.47. The summed E-state index contributed by atoms with van der Waals surface area (Å²) in [7, 11) is 1.52. The van der Waals surface area contributed by atoms with Crippen molar-refractivity contribution in [2.45, 2.75) is 38.3 Å². The number of carbonyl (C=O) groups is 1. The number of hydrogen-bond donors (Lipinski definition) is 2. The molecule has 1 unspecified atom stereocenters. The standard InChI is InChI=1S/C19H22ClN3O4/c1-26-14-10-17(23-21-11-14)27-13-7-8-16(20)15(9-13)19(25)22-18(24)12-5-3-2-4-6-12/h7-12,18,24H,2-6H2,1H3,(H,22,25). The Morgan fingerprint density at radius 1 is 1.26 bits per heavy atom.